The minimum atomic E-state index is -0.796. The number of hydrogen-bond donors (Lipinski definition) is 0. The van der Waals surface area contributed by atoms with Crippen LogP contribution in [0.5, 0.6) is 0 Å². The fraction of sp³-hybridized carbons (Fsp3) is 0.701. The zero-order valence-corrected chi connectivity index (χ0v) is 54.4. The molecular formula is C77H130O6. The first kappa shape index (κ1) is 78.8. The highest BCUT2D eigenvalue weighted by Crippen LogP contribution is 2.17. The van der Waals surface area contributed by atoms with Gasteiger partial charge in [-0.25, -0.2) is 0 Å². The van der Waals surface area contributed by atoms with Crippen LogP contribution in [-0.4, -0.2) is 37.2 Å². The van der Waals surface area contributed by atoms with Crippen LogP contribution in [-0.2, 0) is 28.6 Å². The minimum Gasteiger partial charge on any atom is -0.462 e. The first-order valence-electron chi connectivity index (χ1n) is 35.0. The van der Waals surface area contributed by atoms with Crippen LogP contribution in [0.3, 0.4) is 0 Å². The summed E-state index contributed by atoms with van der Waals surface area (Å²) in [5.41, 5.74) is 0. The second-order valence-electron chi connectivity index (χ2n) is 23.0. The Morgan fingerprint density at radius 1 is 0.253 bits per heavy atom. The van der Waals surface area contributed by atoms with Crippen molar-refractivity contribution in [3.05, 3.63) is 122 Å². The van der Waals surface area contributed by atoms with E-state index in [1.165, 1.54) is 161 Å². The summed E-state index contributed by atoms with van der Waals surface area (Å²) >= 11 is 0. The van der Waals surface area contributed by atoms with Crippen LogP contribution in [0.15, 0.2) is 122 Å². The van der Waals surface area contributed by atoms with Crippen LogP contribution in [0.4, 0.5) is 0 Å². The third-order valence-electron chi connectivity index (χ3n) is 14.9. The fourth-order valence-corrected chi connectivity index (χ4v) is 9.75. The molecule has 0 rings (SSSR count). The Hall–Kier alpha value is -4.19. The van der Waals surface area contributed by atoms with E-state index in [2.05, 4.69) is 142 Å². The lowest BCUT2D eigenvalue weighted by molar-refractivity contribution is -0.167. The normalized spacial score (nSPS) is 12.9. The van der Waals surface area contributed by atoms with Crippen molar-refractivity contribution in [2.75, 3.05) is 13.2 Å². The molecule has 83 heavy (non-hydrogen) atoms. The van der Waals surface area contributed by atoms with Crippen molar-refractivity contribution in [3.63, 3.8) is 0 Å². The maximum atomic E-state index is 13.0. The van der Waals surface area contributed by atoms with Crippen molar-refractivity contribution in [2.24, 2.45) is 0 Å². The molecule has 1 atom stereocenters. The molecular weight excluding hydrogens is 1020 g/mol. The lowest BCUT2D eigenvalue weighted by Gasteiger charge is -2.18. The average molecular weight is 1150 g/mol. The predicted molar refractivity (Wildman–Crippen MR) is 362 cm³/mol. The molecule has 0 N–H and O–H groups in total. The number of allylic oxidation sites excluding steroid dienone is 20. The number of ether oxygens (including phenoxy) is 3. The second-order valence-corrected chi connectivity index (χ2v) is 23.0. The van der Waals surface area contributed by atoms with Crippen LogP contribution in [0.1, 0.15) is 329 Å². The Labute approximate surface area is 513 Å². The molecule has 0 aliphatic heterocycles. The van der Waals surface area contributed by atoms with E-state index in [4.69, 9.17) is 14.2 Å². The number of hydrogen-bond acceptors (Lipinski definition) is 6. The summed E-state index contributed by atoms with van der Waals surface area (Å²) < 4.78 is 17.0. The molecule has 0 bridgehead atoms. The lowest BCUT2D eigenvalue weighted by atomic mass is 10.0. The van der Waals surface area contributed by atoms with Gasteiger partial charge < -0.3 is 14.2 Å². The molecule has 0 fully saturated rings. The monoisotopic (exact) mass is 1150 g/mol. The summed E-state index contributed by atoms with van der Waals surface area (Å²) in [5, 5.41) is 0. The van der Waals surface area contributed by atoms with Crippen molar-refractivity contribution in [1.29, 1.82) is 0 Å². The number of carbonyl (C=O) groups is 3. The number of esters is 3. The molecule has 0 heterocycles. The Balaban J connectivity index is 4.38. The zero-order chi connectivity index (χ0) is 59.9. The first-order chi connectivity index (χ1) is 41.0. The summed E-state index contributed by atoms with van der Waals surface area (Å²) in [6, 6.07) is 0. The van der Waals surface area contributed by atoms with Gasteiger partial charge in [-0.15, -0.1) is 0 Å². The molecule has 0 aromatic carbocycles. The molecule has 0 spiro atoms. The second kappa shape index (κ2) is 70.3. The quantitative estimate of drug-likeness (QED) is 0.0261. The zero-order valence-electron chi connectivity index (χ0n) is 54.4. The van der Waals surface area contributed by atoms with E-state index in [9.17, 15) is 14.4 Å². The number of carbonyl (C=O) groups excluding carboxylic acids is 3. The topological polar surface area (TPSA) is 78.9 Å². The van der Waals surface area contributed by atoms with E-state index >= 15 is 0 Å². The van der Waals surface area contributed by atoms with Crippen LogP contribution in [0.25, 0.3) is 0 Å². The summed E-state index contributed by atoms with van der Waals surface area (Å²) in [5.74, 6) is -0.907. The number of rotatable bonds is 63. The van der Waals surface area contributed by atoms with Gasteiger partial charge in [-0.2, -0.15) is 0 Å². The molecule has 474 valence electrons. The Morgan fingerprint density at radius 3 is 0.747 bits per heavy atom. The van der Waals surface area contributed by atoms with Gasteiger partial charge in [-0.05, 0) is 128 Å². The Kier molecular flexibility index (Phi) is 66.7. The van der Waals surface area contributed by atoms with Gasteiger partial charge in [0, 0.05) is 19.3 Å². The van der Waals surface area contributed by atoms with Crippen molar-refractivity contribution in [2.45, 2.75) is 335 Å². The molecule has 0 aliphatic rings. The lowest BCUT2D eigenvalue weighted by Crippen LogP contribution is -2.30. The summed E-state index contributed by atoms with van der Waals surface area (Å²) in [6.07, 6.45) is 97.9. The van der Waals surface area contributed by atoms with Crippen molar-refractivity contribution in [1.82, 2.24) is 0 Å². The van der Waals surface area contributed by atoms with Gasteiger partial charge in [0.1, 0.15) is 13.2 Å². The van der Waals surface area contributed by atoms with Gasteiger partial charge in [0.15, 0.2) is 6.10 Å². The predicted octanol–water partition coefficient (Wildman–Crippen LogP) is 24.3. The van der Waals surface area contributed by atoms with Gasteiger partial charge in [-0.3, -0.25) is 14.4 Å². The standard InChI is InChI=1S/C77H130O6/c1-4-7-10-13-16-19-22-25-28-31-33-35-36-37-38-39-40-42-43-46-49-52-55-58-61-64-67-70-76(79)82-73-74(72-81-75(78)69-66-63-60-57-54-51-48-45-30-27-24-21-18-15-12-9-6-3)83-77(80)71-68-65-62-59-56-53-50-47-44-41-34-32-29-26-23-20-17-14-11-8-5-2/h7,9-10,12,16,18-19,21,25,27-28,30,32-35,37-38,48,51,74H,4-6,8,11,13-15,17,20,22-24,26,29,31,36,39-47,49-50,52-73H2,1-3H3/b10-7-,12-9-,19-16-,21-18-,28-25-,30-27-,34-32-,35-33-,38-37-,51-48-. The van der Waals surface area contributed by atoms with Gasteiger partial charge in [0.2, 0.25) is 0 Å². The maximum Gasteiger partial charge on any atom is 0.306 e. The summed E-state index contributed by atoms with van der Waals surface area (Å²) in [6.45, 7) is 6.42. The van der Waals surface area contributed by atoms with E-state index in [1.807, 2.05) is 0 Å². The maximum absolute atomic E-state index is 13.0. The SMILES string of the molecule is CC/C=C\C/C=C\C/C=C\C/C=C\C/C=C\CCCCCCCCCCCCCC(=O)OCC(COC(=O)CCCCCC/C=C\C/C=C\C/C=C\C/C=C\CC)OC(=O)CCCCCCCCCCC/C=C\CCCCCCCCCC. The van der Waals surface area contributed by atoms with E-state index < -0.39 is 6.10 Å². The highest BCUT2D eigenvalue weighted by molar-refractivity contribution is 5.71. The smallest absolute Gasteiger partial charge is 0.306 e. The molecule has 0 saturated heterocycles. The molecule has 0 amide bonds. The fourth-order valence-electron chi connectivity index (χ4n) is 9.75. The van der Waals surface area contributed by atoms with E-state index in [0.717, 1.165) is 128 Å². The van der Waals surface area contributed by atoms with Crippen LogP contribution in [0.2, 0.25) is 0 Å². The van der Waals surface area contributed by atoms with Crippen LogP contribution < -0.4 is 0 Å². The highest BCUT2D eigenvalue weighted by Gasteiger charge is 2.19. The molecule has 0 radical (unpaired) electrons. The molecule has 0 aromatic rings. The summed E-state index contributed by atoms with van der Waals surface area (Å²) in [4.78, 5) is 38.5. The van der Waals surface area contributed by atoms with Crippen molar-refractivity contribution < 1.29 is 28.6 Å². The summed E-state index contributed by atoms with van der Waals surface area (Å²) in [7, 11) is 0. The Bertz CT molecular complexity index is 1700. The third-order valence-corrected chi connectivity index (χ3v) is 14.9. The molecule has 6 nitrogen and oxygen atoms in total. The van der Waals surface area contributed by atoms with Gasteiger partial charge >= 0.3 is 17.9 Å². The van der Waals surface area contributed by atoms with Gasteiger partial charge in [0.25, 0.3) is 0 Å². The van der Waals surface area contributed by atoms with E-state index in [0.29, 0.717) is 19.3 Å². The van der Waals surface area contributed by atoms with Crippen molar-refractivity contribution >= 4 is 17.9 Å². The highest BCUT2D eigenvalue weighted by atomic mass is 16.6. The molecule has 0 aliphatic carbocycles. The Morgan fingerprint density at radius 2 is 0.470 bits per heavy atom. The minimum absolute atomic E-state index is 0.0892. The number of unbranched alkanes of at least 4 members (excludes halogenated alkanes) is 32. The van der Waals surface area contributed by atoms with Crippen molar-refractivity contribution in [3.8, 4) is 0 Å². The molecule has 0 aromatic heterocycles. The first-order valence-corrected chi connectivity index (χ1v) is 35.0. The van der Waals surface area contributed by atoms with E-state index in [-0.39, 0.29) is 31.1 Å². The molecule has 1 unspecified atom stereocenters. The molecule has 0 saturated carbocycles. The van der Waals surface area contributed by atoms with Crippen LogP contribution >= 0.6 is 0 Å². The van der Waals surface area contributed by atoms with Gasteiger partial charge in [-0.1, -0.05) is 303 Å². The molecule has 6 heteroatoms. The van der Waals surface area contributed by atoms with E-state index in [1.54, 1.807) is 0 Å². The third kappa shape index (κ3) is 68.5. The van der Waals surface area contributed by atoms with Crippen LogP contribution in [0, 0.1) is 0 Å². The largest absolute Gasteiger partial charge is 0.462 e. The van der Waals surface area contributed by atoms with Gasteiger partial charge in [0.05, 0.1) is 0 Å². The average Bonchev–Trinajstić information content (AvgIpc) is 3.49.